The molecule has 0 aliphatic carbocycles. The summed E-state index contributed by atoms with van der Waals surface area (Å²) >= 11 is 0. The lowest BCUT2D eigenvalue weighted by molar-refractivity contribution is 0.826. The molecule has 1 aromatic heterocycles. The number of hydrogen-bond acceptors (Lipinski definition) is 1. The Kier molecular flexibility index (Phi) is 0.592. The van der Waals surface area contributed by atoms with Crippen molar-refractivity contribution < 1.29 is 0 Å². The molecule has 0 saturated heterocycles. The topological polar surface area (TPSA) is 17.8 Å². The summed E-state index contributed by atoms with van der Waals surface area (Å²) < 4.78 is 2.04. The van der Waals surface area contributed by atoms with E-state index < -0.39 is 0 Å². The van der Waals surface area contributed by atoms with E-state index in [0.717, 1.165) is 12.4 Å². The second kappa shape index (κ2) is 1.22. The van der Waals surface area contributed by atoms with E-state index in [2.05, 4.69) is 11.1 Å². The molecule has 39 valence electrons. The van der Waals surface area contributed by atoms with E-state index in [9.17, 15) is 0 Å². The number of nitrogens with zero attached hydrogens (tertiary/aromatic N) is 2. The largest absolute Gasteiger partial charge is 0.327 e. The average Bonchev–Trinajstić information content (AvgIpc) is 2.15. The predicted octanol–water partition coefficient (Wildman–Crippen LogP) is 0.713. The molecule has 0 N–H and O–H groups in total. The molecule has 0 aromatic carbocycles. The van der Waals surface area contributed by atoms with Gasteiger partial charge in [-0.2, -0.15) is 0 Å². The van der Waals surface area contributed by atoms with Crippen molar-refractivity contribution in [2.45, 2.75) is 6.54 Å². The Labute approximate surface area is 47.5 Å². The van der Waals surface area contributed by atoms with Gasteiger partial charge in [-0.3, -0.25) is 0 Å². The average molecular weight is 105 g/mol. The first kappa shape index (κ1) is 3.89. The second-order valence-electron chi connectivity index (χ2n) is 1.76. The number of aromatic nitrogens is 2. The van der Waals surface area contributed by atoms with Crippen LogP contribution >= 0.6 is 0 Å². The van der Waals surface area contributed by atoms with Crippen molar-refractivity contribution in [1.29, 1.82) is 0 Å². The van der Waals surface area contributed by atoms with Gasteiger partial charge in [0.05, 0.1) is 0 Å². The molecule has 0 atom stereocenters. The molecule has 1 aliphatic rings. The van der Waals surface area contributed by atoms with E-state index in [4.69, 9.17) is 0 Å². The van der Waals surface area contributed by atoms with Crippen LogP contribution < -0.4 is 0 Å². The summed E-state index contributed by atoms with van der Waals surface area (Å²) in [7, 11) is 0. The van der Waals surface area contributed by atoms with Crippen LogP contribution in [0.3, 0.4) is 0 Å². The maximum atomic E-state index is 4.04. The van der Waals surface area contributed by atoms with Gasteiger partial charge in [-0.25, -0.2) is 4.98 Å². The lowest BCUT2D eigenvalue weighted by Gasteiger charge is -1.88. The summed E-state index contributed by atoms with van der Waals surface area (Å²) in [6, 6.07) is 0. The summed E-state index contributed by atoms with van der Waals surface area (Å²) in [6.45, 7) is 0.870. The number of fused-ring (bicyclic) bond motifs is 1. The minimum Gasteiger partial charge on any atom is -0.327 e. The quantitative estimate of drug-likeness (QED) is 0.475. The van der Waals surface area contributed by atoms with Crippen molar-refractivity contribution in [3.05, 3.63) is 24.3 Å². The smallest absolute Gasteiger partial charge is 0.133 e. The highest BCUT2D eigenvalue weighted by atomic mass is 15.1. The van der Waals surface area contributed by atoms with Crippen molar-refractivity contribution in [2.24, 2.45) is 0 Å². The van der Waals surface area contributed by atoms with Gasteiger partial charge in [0.2, 0.25) is 0 Å². The van der Waals surface area contributed by atoms with Gasteiger partial charge in [-0.1, -0.05) is 0 Å². The Bertz CT molecular complexity index is 222. The van der Waals surface area contributed by atoms with Gasteiger partial charge >= 0.3 is 0 Å². The monoisotopic (exact) mass is 105 g/mol. The minimum atomic E-state index is 0.870. The van der Waals surface area contributed by atoms with E-state index in [1.807, 2.05) is 16.8 Å². The molecular formula is C6H5N2. The Balaban J connectivity index is 2.67. The zero-order chi connectivity index (χ0) is 5.40. The number of hydrogen-bond donors (Lipinski definition) is 0. The lowest BCUT2D eigenvalue weighted by atomic mass is 10.5. The van der Waals surface area contributed by atoms with Crippen LogP contribution in [0, 0.1) is 6.08 Å². The minimum absolute atomic E-state index is 0.870. The van der Waals surface area contributed by atoms with Crippen LogP contribution in [0.25, 0.3) is 6.08 Å². The SMILES string of the molecule is [C]1=Cc2nccn2C1. The summed E-state index contributed by atoms with van der Waals surface area (Å²) in [5.74, 6) is 1.02. The standard InChI is InChI=1S/C6H5N2/c1-2-6-7-3-5-8(6)4-1/h2-3,5H,4H2. The molecule has 0 bridgehead atoms. The van der Waals surface area contributed by atoms with Crippen LogP contribution in [-0.2, 0) is 6.54 Å². The maximum Gasteiger partial charge on any atom is 0.133 e. The number of rotatable bonds is 0. The van der Waals surface area contributed by atoms with Crippen LogP contribution in [0.4, 0.5) is 0 Å². The van der Waals surface area contributed by atoms with Crippen LogP contribution in [0.5, 0.6) is 0 Å². The van der Waals surface area contributed by atoms with Gasteiger partial charge in [-0.15, -0.1) is 0 Å². The van der Waals surface area contributed by atoms with E-state index >= 15 is 0 Å². The zero-order valence-electron chi connectivity index (χ0n) is 4.33. The van der Waals surface area contributed by atoms with Crippen molar-refractivity contribution in [3.63, 3.8) is 0 Å². The third-order valence-electron chi connectivity index (χ3n) is 1.24. The van der Waals surface area contributed by atoms with Crippen LogP contribution in [0.1, 0.15) is 5.82 Å². The number of imidazole rings is 1. The normalized spacial score (nSPS) is 14.5. The first-order valence-corrected chi connectivity index (χ1v) is 2.54. The van der Waals surface area contributed by atoms with Crippen molar-refractivity contribution >= 4 is 6.08 Å². The van der Waals surface area contributed by atoms with Crippen LogP contribution in [0.15, 0.2) is 12.4 Å². The zero-order valence-corrected chi connectivity index (χ0v) is 4.33. The molecule has 0 saturated carbocycles. The Morgan fingerprint density at radius 3 is 3.62 bits per heavy atom. The molecule has 0 amide bonds. The van der Waals surface area contributed by atoms with Gasteiger partial charge in [0, 0.05) is 18.9 Å². The maximum absolute atomic E-state index is 4.04. The molecule has 1 aliphatic heterocycles. The molecular weight excluding hydrogens is 100 g/mol. The van der Waals surface area contributed by atoms with E-state index in [-0.39, 0.29) is 0 Å². The molecule has 2 heteroatoms. The fraction of sp³-hybridized carbons (Fsp3) is 0.167. The Morgan fingerprint density at radius 1 is 1.75 bits per heavy atom. The van der Waals surface area contributed by atoms with Crippen molar-refractivity contribution in [1.82, 2.24) is 9.55 Å². The summed E-state index contributed by atoms with van der Waals surface area (Å²) in [4.78, 5) is 4.04. The summed E-state index contributed by atoms with van der Waals surface area (Å²) in [6.07, 6.45) is 8.69. The van der Waals surface area contributed by atoms with Gasteiger partial charge < -0.3 is 4.57 Å². The Hall–Kier alpha value is -1.05. The molecule has 0 fully saturated rings. The van der Waals surface area contributed by atoms with E-state index in [0.29, 0.717) is 0 Å². The molecule has 2 rings (SSSR count). The van der Waals surface area contributed by atoms with Gasteiger partial charge in [-0.05, 0) is 12.2 Å². The second-order valence-corrected chi connectivity index (χ2v) is 1.76. The fourth-order valence-electron chi connectivity index (χ4n) is 0.830. The molecule has 8 heavy (non-hydrogen) atoms. The molecule has 1 radical (unpaired) electrons. The van der Waals surface area contributed by atoms with Crippen molar-refractivity contribution in [2.75, 3.05) is 0 Å². The summed E-state index contributed by atoms with van der Waals surface area (Å²) in [5, 5.41) is 0. The fourth-order valence-corrected chi connectivity index (χ4v) is 0.830. The number of allylic oxidation sites excluding steroid dienone is 1. The van der Waals surface area contributed by atoms with Crippen molar-refractivity contribution in [3.8, 4) is 0 Å². The van der Waals surface area contributed by atoms with Gasteiger partial charge in [0.15, 0.2) is 0 Å². The van der Waals surface area contributed by atoms with Crippen LogP contribution in [0.2, 0.25) is 0 Å². The highest BCUT2D eigenvalue weighted by Crippen LogP contribution is 2.05. The molecule has 2 heterocycles. The highest BCUT2D eigenvalue weighted by Gasteiger charge is 2.00. The predicted molar refractivity (Wildman–Crippen MR) is 29.9 cm³/mol. The highest BCUT2D eigenvalue weighted by molar-refractivity contribution is 5.41. The third-order valence-corrected chi connectivity index (χ3v) is 1.24. The van der Waals surface area contributed by atoms with Crippen LogP contribution in [-0.4, -0.2) is 9.55 Å². The first-order chi connectivity index (χ1) is 3.97. The van der Waals surface area contributed by atoms with E-state index in [1.165, 1.54) is 0 Å². The van der Waals surface area contributed by atoms with Gasteiger partial charge in [0.1, 0.15) is 5.82 Å². The Morgan fingerprint density at radius 2 is 2.75 bits per heavy atom. The molecule has 0 spiro atoms. The molecule has 1 aromatic rings. The molecule has 0 unspecified atom stereocenters. The molecule has 2 nitrogen and oxygen atoms in total. The third kappa shape index (κ3) is 0.346. The van der Waals surface area contributed by atoms with E-state index in [1.54, 1.807) is 6.20 Å². The van der Waals surface area contributed by atoms with Gasteiger partial charge in [0.25, 0.3) is 0 Å². The summed E-state index contributed by atoms with van der Waals surface area (Å²) in [5.41, 5.74) is 0. The first-order valence-electron chi connectivity index (χ1n) is 2.54. The lowest BCUT2D eigenvalue weighted by Crippen LogP contribution is -1.88.